The Hall–Kier alpha value is -0.780. The SMILES string of the molecule is O=C(Cl)[C@@H]1CCCC[C@@H]1NC(=O)C(F)(F)F. The first-order valence-corrected chi connectivity index (χ1v) is 5.27. The second-order valence-electron chi connectivity index (χ2n) is 3.77. The van der Waals surface area contributed by atoms with E-state index in [0.717, 1.165) is 6.42 Å². The number of halogens is 4. The summed E-state index contributed by atoms with van der Waals surface area (Å²) in [6.45, 7) is 0. The highest BCUT2D eigenvalue weighted by atomic mass is 35.5. The summed E-state index contributed by atoms with van der Waals surface area (Å²) in [5.74, 6) is -2.72. The minimum absolute atomic E-state index is 0.352. The second kappa shape index (κ2) is 5.03. The lowest BCUT2D eigenvalue weighted by Crippen LogP contribution is -2.48. The van der Waals surface area contributed by atoms with Gasteiger partial charge in [0, 0.05) is 6.04 Å². The maximum Gasteiger partial charge on any atom is 0.471 e. The van der Waals surface area contributed by atoms with Crippen molar-refractivity contribution in [3.63, 3.8) is 0 Å². The van der Waals surface area contributed by atoms with E-state index in [1.807, 2.05) is 5.32 Å². The van der Waals surface area contributed by atoms with E-state index >= 15 is 0 Å². The lowest BCUT2D eigenvalue weighted by atomic mass is 9.85. The highest BCUT2D eigenvalue weighted by Gasteiger charge is 2.42. The number of carbonyl (C=O) groups is 2. The van der Waals surface area contributed by atoms with Crippen LogP contribution >= 0.6 is 11.6 Å². The third-order valence-corrected chi connectivity index (χ3v) is 2.91. The molecular weight excluding hydrogens is 247 g/mol. The molecule has 0 aromatic heterocycles. The van der Waals surface area contributed by atoms with Crippen LogP contribution in [0.15, 0.2) is 0 Å². The van der Waals surface area contributed by atoms with Crippen LogP contribution in [0, 0.1) is 5.92 Å². The number of rotatable bonds is 2. The summed E-state index contributed by atoms with van der Waals surface area (Å²) >= 11 is 5.28. The molecule has 1 saturated carbocycles. The Kier molecular flexibility index (Phi) is 4.18. The maximum absolute atomic E-state index is 12.0. The van der Waals surface area contributed by atoms with Crippen molar-refractivity contribution in [1.29, 1.82) is 0 Å². The maximum atomic E-state index is 12.0. The van der Waals surface area contributed by atoms with Crippen LogP contribution in [0.5, 0.6) is 0 Å². The van der Waals surface area contributed by atoms with Crippen LogP contribution in [0.3, 0.4) is 0 Å². The molecule has 2 atom stereocenters. The predicted octanol–water partition coefficient (Wildman–Crippen LogP) is 1.99. The first-order chi connectivity index (χ1) is 7.32. The minimum Gasteiger partial charge on any atom is -0.345 e. The molecular formula is C9H11ClF3NO2. The Balaban J connectivity index is 2.63. The van der Waals surface area contributed by atoms with Crippen LogP contribution in [0.4, 0.5) is 13.2 Å². The van der Waals surface area contributed by atoms with Crippen molar-refractivity contribution in [2.75, 3.05) is 0 Å². The Morgan fingerprint density at radius 2 is 1.75 bits per heavy atom. The molecule has 3 nitrogen and oxygen atoms in total. The summed E-state index contributed by atoms with van der Waals surface area (Å²) in [5.41, 5.74) is 0. The summed E-state index contributed by atoms with van der Waals surface area (Å²) < 4.78 is 36.0. The molecule has 0 radical (unpaired) electrons. The van der Waals surface area contributed by atoms with Crippen LogP contribution < -0.4 is 5.32 Å². The van der Waals surface area contributed by atoms with Crippen molar-refractivity contribution in [2.45, 2.75) is 37.9 Å². The topological polar surface area (TPSA) is 46.2 Å². The molecule has 7 heteroatoms. The molecule has 1 fully saturated rings. The smallest absolute Gasteiger partial charge is 0.345 e. The van der Waals surface area contributed by atoms with Crippen LogP contribution in [0.1, 0.15) is 25.7 Å². The van der Waals surface area contributed by atoms with Gasteiger partial charge in [-0.3, -0.25) is 9.59 Å². The van der Waals surface area contributed by atoms with Gasteiger partial charge >= 0.3 is 12.1 Å². The molecule has 92 valence electrons. The highest BCUT2D eigenvalue weighted by molar-refractivity contribution is 6.64. The van der Waals surface area contributed by atoms with Crippen LogP contribution in [-0.4, -0.2) is 23.4 Å². The van der Waals surface area contributed by atoms with Crippen molar-refractivity contribution in [1.82, 2.24) is 5.32 Å². The van der Waals surface area contributed by atoms with Crippen LogP contribution in [-0.2, 0) is 9.59 Å². The molecule has 1 N–H and O–H groups in total. The lowest BCUT2D eigenvalue weighted by Gasteiger charge is -2.29. The van der Waals surface area contributed by atoms with Crippen molar-refractivity contribution < 1.29 is 22.8 Å². The van der Waals surface area contributed by atoms with E-state index in [9.17, 15) is 22.8 Å². The number of hydrogen-bond donors (Lipinski definition) is 1. The van der Waals surface area contributed by atoms with E-state index in [0.29, 0.717) is 19.3 Å². The Bertz CT molecular complexity index is 293. The second-order valence-corrected chi connectivity index (χ2v) is 4.15. The van der Waals surface area contributed by atoms with Gasteiger partial charge in [-0.25, -0.2) is 0 Å². The first kappa shape index (κ1) is 13.3. The molecule has 1 rings (SSSR count). The van der Waals surface area contributed by atoms with Gasteiger partial charge in [0.05, 0.1) is 5.92 Å². The number of nitrogens with one attached hydrogen (secondary N) is 1. The number of amides is 1. The molecule has 0 aromatic rings. The molecule has 1 amide bonds. The molecule has 1 aliphatic rings. The molecule has 16 heavy (non-hydrogen) atoms. The van der Waals surface area contributed by atoms with E-state index in [4.69, 9.17) is 11.6 Å². The van der Waals surface area contributed by atoms with Crippen molar-refractivity contribution in [3.8, 4) is 0 Å². The zero-order chi connectivity index (χ0) is 12.3. The molecule has 0 aromatic carbocycles. The van der Waals surface area contributed by atoms with Crippen molar-refractivity contribution in [3.05, 3.63) is 0 Å². The van der Waals surface area contributed by atoms with Crippen molar-refractivity contribution in [2.24, 2.45) is 5.92 Å². The van der Waals surface area contributed by atoms with Gasteiger partial charge in [0.25, 0.3) is 0 Å². The largest absolute Gasteiger partial charge is 0.471 e. The van der Waals surface area contributed by atoms with Gasteiger partial charge < -0.3 is 5.32 Å². The highest BCUT2D eigenvalue weighted by Crippen LogP contribution is 2.27. The summed E-state index contributed by atoms with van der Waals surface area (Å²) in [5, 5.41) is 1.13. The zero-order valence-corrected chi connectivity index (χ0v) is 9.07. The van der Waals surface area contributed by atoms with Gasteiger partial charge in [0.1, 0.15) is 0 Å². The number of hydrogen-bond acceptors (Lipinski definition) is 2. The van der Waals surface area contributed by atoms with Gasteiger partial charge in [-0.15, -0.1) is 0 Å². The fraction of sp³-hybridized carbons (Fsp3) is 0.778. The quantitative estimate of drug-likeness (QED) is 0.769. The molecule has 0 spiro atoms. The average Bonchev–Trinajstić information content (AvgIpc) is 2.16. The van der Waals surface area contributed by atoms with Gasteiger partial charge in [-0.05, 0) is 24.4 Å². The minimum atomic E-state index is -4.92. The van der Waals surface area contributed by atoms with E-state index < -0.39 is 29.3 Å². The normalized spacial score (nSPS) is 26.2. The van der Waals surface area contributed by atoms with Gasteiger partial charge in [-0.2, -0.15) is 13.2 Å². The summed E-state index contributed by atoms with van der Waals surface area (Å²) in [4.78, 5) is 21.7. The molecule has 0 aliphatic heterocycles. The summed E-state index contributed by atoms with van der Waals surface area (Å²) in [6.07, 6.45) is -2.72. The third kappa shape index (κ3) is 3.37. The monoisotopic (exact) mass is 257 g/mol. The Morgan fingerprint density at radius 1 is 1.19 bits per heavy atom. The molecule has 0 saturated heterocycles. The van der Waals surface area contributed by atoms with Crippen LogP contribution in [0.2, 0.25) is 0 Å². The predicted molar refractivity (Wildman–Crippen MR) is 50.8 cm³/mol. The standard InChI is InChI=1S/C9H11ClF3NO2/c10-7(15)5-3-1-2-4-6(5)14-8(16)9(11,12)13/h5-6H,1-4H2,(H,14,16)/t5-,6+/m1/s1. The van der Waals surface area contributed by atoms with Gasteiger partial charge in [-0.1, -0.05) is 12.8 Å². The fourth-order valence-electron chi connectivity index (χ4n) is 1.83. The van der Waals surface area contributed by atoms with E-state index in [1.165, 1.54) is 0 Å². The summed E-state index contributed by atoms with van der Waals surface area (Å²) in [7, 11) is 0. The van der Waals surface area contributed by atoms with Crippen LogP contribution in [0.25, 0.3) is 0 Å². The zero-order valence-electron chi connectivity index (χ0n) is 8.31. The summed E-state index contributed by atoms with van der Waals surface area (Å²) in [6, 6.07) is -0.798. The number of alkyl halides is 3. The van der Waals surface area contributed by atoms with Gasteiger partial charge in [0.15, 0.2) is 0 Å². The fourth-order valence-corrected chi connectivity index (χ4v) is 2.09. The first-order valence-electron chi connectivity index (χ1n) is 4.89. The molecule has 0 heterocycles. The Labute approximate surface area is 95.3 Å². The van der Waals surface area contributed by atoms with Crippen molar-refractivity contribution >= 4 is 22.8 Å². The molecule has 0 unspecified atom stereocenters. The molecule has 0 bridgehead atoms. The lowest BCUT2D eigenvalue weighted by molar-refractivity contribution is -0.175. The van der Waals surface area contributed by atoms with E-state index in [2.05, 4.69) is 0 Å². The van der Waals surface area contributed by atoms with E-state index in [-0.39, 0.29) is 0 Å². The van der Waals surface area contributed by atoms with Gasteiger partial charge in [0.2, 0.25) is 5.24 Å². The number of carbonyl (C=O) groups excluding carboxylic acids is 2. The average molecular weight is 258 g/mol. The Morgan fingerprint density at radius 3 is 2.25 bits per heavy atom. The molecule has 1 aliphatic carbocycles. The third-order valence-electron chi connectivity index (χ3n) is 2.63. The van der Waals surface area contributed by atoms with E-state index in [1.54, 1.807) is 0 Å².